The maximum absolute atomic E-state index is 13.6. The Balaban J connectivity index is 1.81. The zero-order chi connectivity index (χ0) is 15.9. The van der Waals surface area contributed by atoms with Gasteiger partial charge in [-0.2, -0.15) is 5.26 Å². The largest absolute Gasteiger partial charge is 0.352 e. The molecule has 0 atom stereocenters. The van der Waals surface area contributed by atoms with Gasteiger partial charge in [-0.3, -0.25) is 9.59 Å². The van der Waals surface area contributed by atoms with Gasteiger partial charge in [0.05, 0.1) is 12.5 Å². The smallest absolute Gasteiger partial charge is 0.234 e. The normalized spacial score (nSPS) is 15.2. The van der Waals surface area contributed by atoms with Gasteiger partial charge in [0.1, 0.15) is 12.2 Å². The SMILES string of the molecule is N#CCC(=O)NC1CCN(C(=O)Cc2ccccc2F)CC1. The highest BCUT2D eigenvalue weighted by molar-refractivity contribution is 5.79. The van der Waals surface area contributed by atoms with Crippen LogP contribution in [-0.2, 0) is 16.0 Å². The first kappa shape index (κ1) is 16.0. The molecule has 0 aromatic heterocycles. The third kappa shape index (κ3) is 4.29. The lowest BCUT2D eigenvalue weighted by molar-refractivity contribution is -0.131. The minimum Gasteiger partial charge on any atom is -0.352 e. The van der Waals surface area contributed by atoms with Gasteiger partial charge in [0, 0.05) is 19.1 Å². The number of piperidine rings is 1. The summed E-state index contributed by atoms with van der Waals surface area (Å²) in [4.78, 5) is 25.2. The Morgan fingerprint density at radius 1 is 1.32 bits per heavy atom. The summed E-state index contributed by atoms with van der Waals surface area (Å²) in [5.41, 5.74) is 0.400. The molecule has 2 amide bonds. The Morgan fingerprint density at radius 3 is 2.64 bits per heavy atom. The molecule has 1 aliphatic heterocycles. The highest BCUT2D eigenvalue weighted by atomic mass is 19.1. The molecule has 1 aliphatic rings. The van der Waals surface area contributed by atoms with Crippen molar-refractivity contribution < 1.29 is 14.0 Å². The number of carbonyl (C=O) groups excluding carboxylic acids is 2. The maximum atomic E-state index is 13.6. The van der Waals surface area contributed by atoms with Crippen LogP contribution in [0, 0.1) is 17.1 Å². The van der Waals surface area contributed by atoms with Gasteiger partial charge >= 0.3 is 0 Å². The van der Waals surface area contributed by atoms with Gasteiger partial charge in [0.25, 0.3) is 0 Å². The van der Waals surface area contributed by atoms with Gasteiger partial charge in [-0.25, -0.2) is 4.39 Å². The summed E-state index contributed by atoms with van der Waals surface area (Å²) in [5.74, 6) is -0.750. The number of hydrogen-bond acceptors (Lipinski definition) is 3. The van der Waals surface area contributed by atoms with Gasteiger partial charge < -0.3 is 10.2 Å². The second-order valence-electron chi connectivity index (χ2n) is 5.33. The van der Waals surface area contributed by atoms with Crippen molar-refractivity contribution in [2.45, 2.75) is 31.7 Å². The van der Waals surface area contributed by atoms with E-state index in [1.807, 2.05) is 0 Å². The molecule has 0 bridgehead atoms. The molecule has 0 saturated carbocycles. The zero-order valence-corrected chi connectivity index (χ0v) is 12.2. The van der Waals surface area contributed by atoms with Crippen molar-refractivity contribution in [1.82, 2.24) is 10.2 Å². The molecular weight excluding hydrogens is 285 g/mol. The van der Waals surface area contributed by atoms with Gasteiger partial charge in [0.2, 0.25) is 11.8 Å². The molecule has 0 unspecified atom stereocenters. The van der Waals surface area contributed by atoms with E-state index in [0.29, 0.717) is 31.5 Å². The number of nitrogens with zero attached hydrogens (tertiary/aromatic N) is 2. The van der Waals surface area contributed by atoms with Gasteiger partial charge in [-0.15, -0.1) is 0 Å². The molecular formula is C16H18FN3O2. The van der Waals surface area contributed by atoms with Gasteiger partial charge in [-0.1, -0.05) is 18.2 Å². The molecule has 1 fully saturated rings. The van der Waals surface area contributed by atoms with Crippen molar-refractivity contribution >= 4 is 11.8 Å². The lowest BCUT2D eigenvalue weighted by atomic mass is 10.0. The first-order valence-electron chi connectivity index (χ1n) is 7.27. The predicted molar refractivity (Wildman–Crippen MR) is 78.1 cm³/mol. The molecule has 5 nitrogen and oxygen atoms in total. The van der Waals surface area contributed by atoms with E-state index in [-0.39, 0.29) is 36.5 Å². The number of carbonyl (C=O) groups is 2. The quantitative estimate of drug-likeness (QED) is 0.913. The van der Waals surface area contributed by atoms with Crippen molar-refractivity contribution in [3.8, 4) is 6.07 Å². The minimum absolute atomic E-state index is 0.00152. The molecule has 6 heteroatoms. The van der Waals surface area contributed by atoms with Gasteiger partial charge in [-0.05, 0) is 24.5 Å². The van der Waals surface area contributed by atoms with Crippen molar-refractivity contribution in [2.75, 3.05) is 13.1 Å². The molecule has 116 valence electrons. The van der Waals surface area contributed by atoms with E-state index >= 15 is 0 Å². The Hall–Kier alpha value is -2.42. The van der Waals surface area contributed by atoms with Crippen molar-refractivity contribution in [1.29, 1.82) is 5.26 Å². The standard InChI is InChI=1S/C16H18FN3O2/c17-14-4-2-1-3-12(14)11-16(22)20-9-6-13(7-10-20)19-15(21)5-8-18/h1-4,13H,5-7,9-11H2,(H,19,21). The molecule has 1 aromatic carbocycles. The lowest BCUT2D eigenvalue weighted by Gasteiger charge is -2.32. The minimum atomic E-state index is -0.366. The van der Waals surface area contributed by atoms with Gasteiger partial charge in [0.15, 0.2) is 0 Å². The van der Waals surface area contributed by atoms with E-state index < -0.39 is 0 Å². The summed E-state index contributed by atoms with van der Waals surface area (Å²) >= 11 is 0. The van der Waals surface area contributed by atoms with E-state index in [1.54, 1.807) is 29.2 Å². The average molecular weight is 303 g/mol. The summed E-state index contributed by atoms with van der Waals surface area (Å²) in [6.45, 7) is 1.07. The molecule has 0 aliphatic carbocycles. The molecule has 1 saturated heterocycles. The molecule has 0 radical (unpaired) electrons. The topological polar surface area (TPSA) is 73.2 Å². The fourth-order valence-electron chi connectivity index (χ4n) is 2.54. The maximum Gasteiger partial charge on any atom is 0.234 e. The summed E-state index contributed by atoms with van der Waals surface area (Å²) in [5, 5.41) is 11.2. The van der Waals surface area contributed by atoms with E-state index in [4.69, 9.17) is 5.26 Å². The monoisotopic (exact) mass is 303 g/mol. The second kappa shape index (κ2) is 7.55. The number of hydrogen-bond donors (Lipinski definition) is 1. The van der Waals surface area contributed by atoms with Crippen LogP contribution in [0.25, 0.3) is 0 Å². The third-order valence-corrected chi connectivity index (χ3v) is 3.75. The third-order valence-electron chi connectivity index (χ3n) is 3.75. The molecule has 1 heterocycles. The van der Waals surface area contributed by atoms with E-state index in [1.165, 1.54) is 6.07 Å². The van der Waals surface area contributed by atoms with Crippen LogP contribution >= 0.6 is 0 Å². The number of amides is 2. The van der Waals surface area contributed by atoms with Crippen molar-refractivity contribution in [2.24, 2.45) is 0 Å². The van der Waals surface area contributed by atoms with Crippen LogP contribution in [0.1, 0.15) is 24.8 Å². The molecule has 1 aromatic rings. The number of likely N-dealkylation sites (tertiary alicyclic amines) is 1. The van der Waals surface area contributed by atoms with E-state index in [2.05, 4.69) is 5.32 Å². The Labute approximate surface area is 128 Å². The highest BCUT2D eigenvalue weighted by Gasteiger charge is 2.24. The van der Waals surface area contributed by atoms with Crippen LogP contribution in [0.3, 0.4) is 0 Å². The Morgan fingerprint density at radius 2 is 2.00 bits per heavy atom. The number of benzene rings is 1. The summed E-state index contributed by atoms with van der Waals surface area (Å²) in [7, 11) is 0. The van der Waals surface area contributed by atoms with Crippen LogP contribution in [0.15, 0.2) is 24.3 Å². The first-order chi connectivity index (χ1) is 10.6. The lowest BCUT2D eigenvalue weighted by Crippen LogP contribution is -2.46. The Kier molecular flexibility index (Phi) is 5.48. The average Bonchev–Trinajstić information content (AvgIpc) is 2.50. The summed E-state index contributed by atoms with van der Waals surface area (Å²) in [6.07, 6.45) is 1.21. The van der Waals surface area contributed by atoms with Crippen molar-refractivity contribution in [3.05, 3.63) is 35.6 Å². The predicted octanol–water partition coefficient (Wildman–Crippen LogP) is 1.39. The Bertz CT molecular complexity index is 589. The van der Waals surface area contributed by atoms with Crippen molar-refractivity contribution in [3.63, 3.8) is 0 Å². The van der Waals surface area contributed by atoms with E-state index in [0.717, 1.165) is 0 Å². The number of nitrogens with one attached hydrogen (secondary N) is 1. The molecule has 0 spiro atoms. The van der Waals surface area contributed by atoms with Crippen LogP contribution in [0.4, 0.5) is 4.39 Å². The van der Waals surface area contributed by atoms with Crippen LogP contribution in [0.2, 0.25) is 0 Å². The van der Waals surface area contributed by atoms with Crippen LogP contribution in [0.5, 0.6) is 0 Å². The number of rotatable bonds is 4. The molecule has 22 heavy (non-hydrogen) atoms. The van der Waals surface area contributed by atoms with Crippen LogP contribution in [-0.4, -0.2) is 35.8 Å². The fraction of sp³-hybridized carbons (Fsp3) is 0.438. The number of halogens is 1. The highest BCUT2D eigenvalue weighted by Crippen LogP contribution is 2.14. The second-order valence-corrected chi connectivity index (χ2v) is 5.33. The summed E-state index contributed by atoms with van der Waals surface area (Å²) < 4.78 is 13.6. The fourth-order valence-corrected chi connectivity index (χ4v) is 2.54. The summed E-state index contributed by atoms with van der Waals surface area (Å²) in [6, 6.07) is 8.07. The zero-order valence-electron chi connectivity index (χ0n) is 12.2. The number of nitriles is 1. The molecule has 1 N–H and O–H groups in total. The first-order valence-corrected chi connectivity index (χ1v) is 7.27. The van der Waals surface area contributed by atoms with Crippen LogP contribution < -0.4 is 5.32 Å². The molecule has 2 rings (SSSR count). The van der Waals surface area contributed by atoms with E-state index in [9.17, 15) is 14.0 Å².